The Morgan fingerprint density at radius 1 is 1.17 bits per heavy atom. The molecule has 2 rings (SSSR count). The van der Waals surface area contributed by atoms with Gasteiger partial charge in [0.2, 0.25) is 0 Å². The van der Waals surface area contributed by atoms with E-state index in [9.17, 15) is 9.90 Å². The molecular formula is C19H21FO3Se. The molecule has 0 aliphatic rings. The first-order chi connectivity index (χ1) is 11.6. The van der Waals surface area contributed by atoms with Gasteiger partial charge in [-0.1, -0.05) is 0 Å². The van der Waals surface area contributed by atoms with Gasteiger partial charge in [0.25, 0.3) is 0 Å². The zero-order chi connectivity index (χ0) is 17.4. The molecule has 24 heavy (non-hydrogen) atoms. The monoisotopic (exact) mass is 396 g/mol. The molecule has 0 aliphatic carbocycles. The summed E-state index contributed by atoms with van der Waals surface area (Å²) in [5.74, 6) is -0.977. The Kier molecular flexibility index (Phi) is 6.98. The minimum absolute atomic E-state index is 0.0841. The van der Waals surface area contributed by atoms with Crippen LogP contribution in [-0.2, 0) is 16.0 Å². The summed E-state index contributed by atoms with van der Waals surface area (Å²) < 4.78 is 18.7. The Bertz CT molecular complexity index is 636. The number of esters is 1. The topological polar surface area (TPSA) is 46.5 Å². The van der Waals surface area contributed by atoms with Gasteiger partial charge in [0.15, 0.2) is 0 Å². The van der Waals surface area contributed by atoms with Crippen molar-refractivity contribution < 1.29 is 19.0 Å². The number of benzene rings is 2. The number of halogens is 1. The number of aryl methyl sites for hydroxylation is 1. The van der Waals surface area contributed by atoms with E-state index in [1.165, 1.54) is 0 Å². The maximum atomic E-state index is 15.5. The van der Waals surface area contributed by atoms with Crippen LogP contribution in [0, 0.1) is 0 Å². The van der Waals surface area contributed by atoms with Crippen molar-refractivity contribution in [2.24, 2.45) is 0 Å². The summed E-state index contributed by atoms with van der Waals surface area (Å²) in [5.41, 5.74) is 0.995. The van der Waals surface area contributed by atoms with E-state index in [1.807, 2.05) is 36.4 Å². The number of aliphatic hydroxyl groups excluding tert-OH is 1. The second kappa shape index (κ2) is 8.97. The van der Waals surface area contributed by atoms with E-state index in [2.05, 4.69) is 0 Å². The predicted molar refractivity (Wildman–Crippen MR) is 93.1 cm³/mol. The molecular weight excluding hydrogens is 374 g/mol. The Morgan fingerprint density at radius 3 is 2.33 bits per heavy atom. The second-order valence-corrected chi connectivity index (χ2v) is 7.98. The quantitative estimate of drug-likeness (QED) is 0.551. The molecule has 0 aromatic heterocycles. The Hall–Kier alpha value is -1.68. The van der Waals surface area contributed by atoms with Crippen LogP contribution in [0.15, 0.2) is 60.7 Å². The van der Waals surface area contributed by atoms with Gasteiger partial charge in [0, 0.05) is 0 Å². The molecule has 0 radical (unpaired) electrons. The second-order valence-electron chi connectivity index (χ2n) is 5.32. The van der Waals surface area contributed by atoms with Crippen molar-refractivity contribution in [2.45, 2.75) is 30.4 Å². The number of carbonyl (C=O) groups excluding carboxylic acids is 1. The Morgan fingerprint density at radius 2 is 1.75 bits per heavy atom. The summed E-state index contributed by atoms with van der Waals surface area (Å²) in [6, 6.07) is 18.4. The number of hydrogen-bond donors (Lipinski definition) is 1. The normalized spacial score (nSPS) is 14.6. The van der Waals surface area contributed by atoms with E-state index >= 15 is 4.39 Å². The Balaban J connectivity index is 2.13. The van der Waals surface area contributed by atoms with Crippen molar-refractivity contribution in [1.82, 2.24) is 0 Å². The predicted octanol–water partition coefficient (Wildman–Crippen LogP) is 2.24. The van der Waals surface area contributed by atoms with Gasteiger partial charge in [-0.05, 0) is 0 Å². The molecule has 0 bridgehead atoms. The number of alkyl halides is 1. The molecule has 0 saturated heterocycles. The first-order valence-corrected chi connectivity index (χ1v) is 9.59. The molecule has 0 aliphatic heterocycles. The standard InChI is InChI=1S/C19H21FO3Se/c1-2-23-18(22)19(20,24-16-11-7-4-8-12-16)17(21)14-13-15-9-5-3-6-10-15/h3-12,17,21H,2,13-14H2,1H3/t17-,19+/m1/s1. The summed E-state index contributed by atoms with van der Waals surface area (Å²) in [6.45, 7) is 1.71. The van der Waals surface area contributed by atoms with Gasteiger partial charge in [0.1, 0.15) is 0 Å². The third-order valence-corrected chi connectivity index (χ3v) is 6.15. The maximum absolute atomic E-state index is 15.5. The fourth-order valence-electron chi connectivity index (χ4n) is 2.27. The fourth-order valence-corrected chi connectivity index (χ4v) is 4.44. The van der Waals surface area contributed by atoms with E-state index in [-0.39, 0.29) is 13.0 Å². The summed E-state index contributed by atoms with van der Waals surface area (Å²) in [4.78, 5) is 12.2. The molecule has 0 saturated carbocycles. The molecule has 5 heteroatoms. The van der Waals surface area contributed by atoms with Crippen LogP contribution in [0.3, 0.4) is 0 Å². The molecule has 2 aromatic rings. The van der Waals surface area contributed by atoms with Crippen molar-refractivity contribution in [2.75, 3.05) is 6.61 Å². The van der Waals surface area contributed by atoms with Crippen molar-refractivity contribution >= 4 is 25.4 Å². The van der Waals surface area contributed by atoms with Crippen LogP contribution in [0.5, 0.6) is 0 Å². The van der Waals surface area contributed by atoms with Gasteiger partial charge in [-0.2, -0.15) is 0 Å². The van der Waals surface area contributed by atoms with E-state index in [4.69, 9.17) is 4.74 Å². The average molecular weight is 395 g/mol. The van der Waals surface area contributed by atoms with E-state index in [0.717, 1.165) is 5.56 Å². The molecule has 2 aromatic carbocycles. The fraction of sp³-hybridized carbons (Fsp3) is 0.316. The van der Waals surface area contributed by atoms with Crippen LogP contribution >= 0.6 is 0 Å². The molecule has 0 heterocycles. The minimum atomic E-state index is -2.39. The van der Waals surface area contributed by atoms with Gasteiger partial charge in [-0.25, -0.2) is 0 Å². The third kappa shape index (κ3) is 4.91. The number of carbonyl (C=O) groups is 1. The summed E-state index contributed by atoms with van der Waals surface area (Å²) in [5, 5.41) is 10.4. The summed E-state index contributed by atoms with van der Waals surface area (Å²) in [7, 11) is 0. The van der Waals surface area contributed by atoms with Crippen molar-refractivity contribution in [3.05, 3.63) is 66.2 Å². The number of rotatable bonds is 8. The van der Waals surface area contributed by atoms with Crippen molar-refractivity contribution in [3.63, 3.8) is 0 Å². The van der Waals surface area contributed by atoms with Crippen LogP contribution < -0.4 is 4.46 Å². The van der Waals surface area contributed by atoms with Gasteiger partial charge in [-0.3, -0.25) is 0 Å². The molecule has 0 amide bonds. The van der Waals surface area contributed by atoms with Crippen molar-refractivity contribution in [3.8, 4) is 0 Å². The first-order valence-electron chi connectivity index (χ1n) is 7.88. The molecule has 0 spiro atoms. The van der Waals surface area contributed by atoms with Gasteiger partial charge >= 0.3 is 148 Å². The number of aliphatic hydroxyl groups is 1. The zero-order valence-electron chi connectivity index (χ0n) is 13.5. The van der Waals surface area contributed by atoms with Gasteiger partial charge in [0.05, 0.1) is 0 Å². The average Bonchev–Trinajstić information content (AvgIpc) is 2.61. The molecule has 0 fully saturated rings. The SMILES string of the molecule is CCOC(=O)[C@@](F)([Se]c1ccccc1)[C@H](O)CCc1ccccc1. The molecule has 3 nitrogen and oxygen atoms in total. The van der Waals surface area contributed by atoms with Crippen molar-refractivity contribution in [1.29, 1.82) is 0 Å². The first kappa shape index (κ1) is 18.7. The van der Waals surface area contributed by atoms with Crippen LogP contribution in [0.25, 0.3) is 0 Å². The van der Waals surface area contributed by atoms with E-state index in [1.54, 1.807) is 31.2 Å². The zero-order valence-corrected chi connectivity index (χ0v) is 15.2. The summed E-state index contributed by atoms with van der Waals surface area (Å²) in [6.07, 6.45) is -0.747. The van der Waals surface area contributed by atoms with E-state index < -0.39 is 31.6 Å². The van der Waals surface area contributed by atoms with Crippen LogP contribution in [0.1, 0.15) is 18.9 Å². The van der Waals surface area contributed by atoms with Crippen LogP contribution in [0.4, 0.5) is 4.39 Å². The summed E-state index contributed by atoms with van der Waals surface area (Å²) >= 11 is -0.878. The molecule has 0 unspecified atom stereocenters. The number of hydrogen-bond acceptors (Lipinski definition) is 3. The van der Waals surface area contributed by atoms with Crippen LogP contribution in [-0.4, -0.2) is 43.3 Å². The van der Waals surface area contributed by atoms with E-state index in [0.29, 0.717) is 10.9 Å². The Labute approximate surface area is 148 Å². The molecule has 1 N–H and O–H groups in total. The van der Waals surface area contributed by atoms with Crippen LogP contribution in [0.2, 0.25) is 0 Å². The molecule has 2 atom stereocenters. The number of ether oxygens (including phenoxy) is 1. The molecule has 128 valence electrons. The van der Waals surface area contributed by atoms with Gasteiger partial charge in [-0.15, -0.1) is 0 Å². The van der Waals surface area contributed by atoms with Gasteiger partial charge < -0.3 is 0 Å². The third-order valence-electron chi connectivity index (χ3n) is 3.54.